The van der Waals surface area contributed by atoms with Gasteiger partial charge in [-0.15, -0.1) is 0 Å². The number of halogens is 2. The molecule has 0 radical (unpaired) electrons. The Morgan fingerprint density at radius 3 is 2.36 bits per heavy atom. The second-order valence-corrected chi connectivity index (χ2v) is 7.00. The van der Waals surface area contributed by atoms with Gasteiger partial charge in [-0.25, -0.2) is 13.8 Å². The van der Waals surface area contributed by atoms with Crippen LogP contribution in [0.5, 0.6) is 0 Å². The van der Waals surface area contributed by atoms with Gasteiger partial charge in [-0.3, -0.25) is 5.10 Å². The molecule has 0 unspecified atom stereocenters. The van der Waals surface area contributed by atoms with Crippen LogP contribution in [-0.4, -0.2) is 52.3 Å². The van der Waals surface area contributed by atoms with Gasteiger partial charge in [0.25, 0.3) is 0 Å². The van der Waals surface area contributed by atoms with Crippen LogP contribution in [0.15, 0.2) is 24.5 Å². The van der Waals surface area contributed by atoms with Crippen molar-refractivity contribution < 1.29 is 8.78 Å². The maximum Gasteiger partial charge on any atom is 0.160 e. The van der Waals surface area contributed by atoms with Crippen molar-refractivity contribution in [2.45, 2.75) is 37.6 Å². The third-order valence-corrected chi connectivity index (χ3v) is 5.60. The number of hydrogen-bond donors (Lipinski definition) is 1. The van der Waals surface area contributed by atoms with Crippen molar-refractivity contribution in [2.75, 3.05) is 31.1 Å². The molecule has 2 aliphatic rings. The highest BCUT2D eigenvalue weighted by Crippen LogP contribution is 2.30. The molecule has 2 fully saturated rings. The van der Waals surface area contributed by atoms with Gasteiger partial charge in [-0.2, -0.15) is 5.10 Å². The van der Waals surface area contributed by atoms with E-state index in [9.17, 15) is 8.78 Å². The maximum absolute atomic E-state index is 13.4. The quantitative estimate of drug-likeness (QED) is 0.927. The van der Waals surface area contributed by atoms with Crippen molar-refractivity contribution in [3.8, 4) is 0 Å². The van der Waals surface area contributed by atoms with Crippen LogP contribution in [0.3, 0.4) is 0 Å². The summed E-state index contributed by atoms with van der Waals surface area (Å²) in [5, 5.41) is 6.94. The number of likely N-dealkylation sites (tertiary alicyclic amines) is 1. The molecule has 5 nitrogen and oxygen atoms in total. The Morgan fingerprint density at radius 2 is 1.72 bits per heavy atom. The Balaban J connectivity index is 1.30. The van der Waals surface area contributed by atoms with E-state index in [1.807, 2.05) is 0 Å². The highest BCUT2D eigenvalue weighted by molar-refractivity contribution is 5.47. The fraction of sp³-hybridized carbons (Fsp3) is 0.556. The van der Waals surface area contributed by atoms with E-state index in [2.05, 4.69) is 25.0 Å². The smallest absolute Gasteiger partial charge is 0.160 e. The highest BCUT2D eigenvalue weighted by atomic mass is 19.2. The molecule has 2 aliphatic heterocycles. The number of hydrogen-bond acceptors (Lipinski definition) is 4. The second-order valence-electron chi connectivity index (χ2n) is 7.00. The van der Waals surface area contributed by atoms with E-state index in [1.54, 1.807) is 12.4 Å². The summed E-state index contributed by atoms with van der Waals surface area (Å²) in [5.74, 6) is -0.0591. The van der Waals surface area contributed by atoms with Crippen LogP contribution < -0.4 is 4.90 Å². The molecule has 134 valence electrons. The molecule has 4 rings (SSSR count). The molecule has 25 heavy (non-hydrogen) atoms. The van der Waals surface area contributed by atoms with Crippen molar-refractivity contribution in [3.05, 3.63) is 42.0 Å². The highest BCUT2D eigenvalue weighted by Gasteiger charge is 2.29. The summed E-state index contributed by atoms with van der Waals surface area (Å²) in [7, 11) is 0. The van der Waals surface area contributed by atoms with Gasteiger partial charge in [-0.1, -0.05) is 0 Å². The van der Waals surface area contributed by atoms with Gasteiger partial charge in [0, 0.05) is 36.8 Å². The van der Waals surface area contributed by atoms with E-state index in [4.69, 9.17) is 0 Å². The number of anilines is 1. The number of aromatic nitrogens is 3. The summed E-state index contributed by atoms with van der Waals surface area (Å²) >= 11 is 0. The van der Waals surface area contributed by atoms with Crippen LogP contribution in [0.1, 0.15) is 37.4 Å². The average molecular weight is 347 g/mol. The van der Waals surface area contributed by atoms with E-state index < -0.39 is 11.6 Å². The number of nitrogens with one attached hydrogen (secondary N) is 1. The summed E-state index contributed by atoms with van der Waals surface area (Å²) in [6, 6.07) is 4.77. The molecule has 0 amide bonds. The van der Waals surface area contributed by atoms with Crippen molar-refractivity contribution in [3.63, 3.8) is 0 Å². The molecular weight excluding hydrogens is 324 g/mol. The normalized spacial score (nSPS) is 21.0. The summed E-state index contributed by atoms with van der Waals surface area (Å²) in [4.78, 5) is 9.02. The molecule has 2 aromatic rings. The lowest BCUT2D eigenvalue weighted by Gasteiger charge is -2.42. The standard InChI is InChI=1S/C18H23F2N5/c19-16-2-1-15(11-17(16)20)25-9-5-14(6-10-25)24-7-3-13(4-8-24)18-21-12-22-23-18/h1-2,11-14H,3-10H2,(H,21,22,23). The zero-order valence-electron chi connectivity index (χ0n) is 14.2. The first-order valence-corrected chi connectivity index (χ1v) is 9.00. The maximum atomic E-state index is 13.4. The van der Waals surface area contributed by atoms with Gasteiger partial charge in [0.05, 0.1) is 0 Å². The van der Waals surface area contributed by atoms with Crippen molar-refractivity contribution in [2.24, 2.45) is 0 Å². The van der Waals surface area contributed by atoms with E-state index in [-0.39, 0.29) is 0 Å². The fourth-order valence-corrected chi connectivity index (χ4v) is 4.12. The van der Waals surface area contributed by atoms with Gasteiger partial charge < -0.3 is 9.80 Å². The zero-order valence-corrected chi connectivity index (χ0v) is 14.2. The number of piperidine rings is 2. The Labute approximate surface area is 146 Å². The molecule has 0 aliphatic carbocycles. The third-order valence-electron chi connectivity index (χ3n) is 5.60. The van der Waals surface area contributed by atoms with Gasteiger partial charge in [0.1, 0.15) is 12.2 Å². The van der Waals surface area contributed by atoms with Gasteiger partial charge in [0.15, 0.2) is 11.6 Å². The second kappa shape index (κ2) is 7.07. The summed E-state index contributed by atoms with van der Waals surface area (Å²) in [6.07, 6.45) is 5.92. The number of aromatic amines is 1. The van der Waals surface area contributed by atoms with Crippen molar-refractivity contribution >= 4 is 5.69 Å². The lowest BCUT2D eigenvalue weighted by molar-refractivity contribution is 0.130. The first kappa shape index (κ1) is 16.4. The molecule has 1 aromatic heterocycles. The number of rotatable bonds is 3. The monoisotopic (exact) mass is 347 g/mol. The average Bonchev–Trinajstić information content (AvgIpc) is 3.19. The predicted octanol–water partition coefficient (Wildman–Crippen LogP) is 2.93. The zero-order chi connectivity index (χ0) is 17.2. The predicted molar refractivity (Wildman–Crippen MR) is 91.5 cm³/mol. The minimum Gasteiger partial charge on any atom is -0.371 e. The van der Waals surface area contributed by atoms with Crippen LogP contribution >= 0.6 is 0 Å². The lowest BCUT2D eigenvalue weighted by atomic mass is 9.93. The van der Waals surface area contributed by atoms with E-state index in [0.29, 0.717) is 12.0 Å². The number of nitrogens with zero attached hydrogens (tertiary/aromatic N) is 4. The van der Waals surface area contributed by atoms with Gasteiger partial charge in [-0.05, 0) is 50.9 Å². The fourth-order valence-electron chi connectivity index (χ4n) is 4.12. The molecular formula is C18H23F2N5. The molecule has 7 heteroatoms. The van der Waals surface area contributed by atoms with Crippen LogP contribution in [0.25, 0.3) is 0 Å². The van der Waals surface area contributed by atoms with Crippen molar-refractivity contribution in [1.82, 2.24) is 20.1 Å². The largest absolute Gasteiger partial charge is 0.371 e. The Hall–Kier alpha value is -2.02. The molecule has 0 saturated carbocycles. The number of benzene rings is 1. The number of H-pyrrole nitrogens is 1. The van der Waals surface area contributed by atoms with Crippen LogP contribution in [0, 0.1) is 11.6 Å². The van der Waals surface area contributed by atoms with Crippen LogP contribution in [0.2, 0.25) is 0 Å². The minimum absolute atomic E-state index is 0.487. The summed E-state index contributed by atoms with van der Waals surface area (Å²) in [5.41, 5.74) is 0.779. The van der Waals surface area contributed by atoms with Gasteiger partial charge >= 0.3 is 0 Å². The lowest BCUT2D eigenvalue weighted by Crippen LogP contribution is -2.47. The first-order chi connectivity index (χ1) is 12.2. The third kappa shape index (κ3) is 3.51. The van der Waals surface area contributed by atoms with Crippen LogP contribution in [0.4, 0.5) is 14.5 Å². The molecule has 0 atom stereocenters. The van der Waals surface area contributed by atoms with Crippen LogP contribution in [-0.2, 0) is 0 Å². The molecule has 3 heterocycles. The van der Waals surface area contributed by atoms with E-state index in [0.717, 1.165) is 63.4 Å². The summed E-state index contributed by atoms with van der Waals surface area (Å²) in [6.45, 7) is 3.94. The minimum atomic E-state index is -0.784. The van der Waals surface area contributed by atoms with E-state index >= 15 is 0 Å². The Kier molecular flexibility index (Phi) is 4.65. The molecule has 1 N–H and O–H groups in total. The SMILES string of the molecule is Fc1ccc(N2CCC(N3CCC(c4ncn[nH]4)CC3)CC2)cc1F. The molecule has 2 saturated heterocycles. The summed E-state index contributed by atoms with van der Waals surface area (Å²) < 4.78 is 26.5. The first-order valence-electron chi connectivity index (χ1n) is 9.00. The van der Waals surface area contributed by atoms with Gasteiger partial charge in [0.2, 0.25) is 0 Å². The Morgan fingerprint density at radius 1 is 0.960 bits per heavy atom. The Bertz CT molecular complexity index is 689. The molecule has 0 spiro atoms. The molecule has 1 aromatic carbocycles. The van der Waals surface area contributed by atoms with E-state index in [1.165, 1.54) is 12.1 Å². The van der Waals surface area contributed by atoms with Crippen molar-refractivity contribution in [1.29, 1.82) is 0 Å². The molecule has 0 bridgehead atoms. The topological polar surface area (TPSA) is 48.1 Å².